The van der Waals surface area contributed by atoms with Crippen LogP contribution in [-0.2, 0) is 11.0 Å². The fraction of sp³-hybridized carbons (Fsp3) is 0.105. The van der Waals surface area contributed by atoms with Gasteiger partial charge in [0.2, 0.25) is 5.95 Å². The molecular formula is C19H14ClF3N4O2. The largest absolute Gasteiger partial charge is 0.480 e. The number of nitrogens with zero attached hydrogens (tertiary/aromatic N) is 2. The molecule has 1 aromatic heterocycles. The Bertz CT molecular complexity index is 1030. The molecule has 0 fully saturated rings. The molecule has 0 aliphatic rings. The fourth-order valence-corrected chi connectivity index (χ4v) is 2.66. The Morgan fingerprint density at radius 2 is 1.79 bits per heavy atom. The van der Waals surface area contributed by atoms with E-state index in [1.165, 1.54) is 6.07 Å². The lowest BCUT2D eigenvalue weighted by Crippen LogP contribution is -2.15. The Hall–Kier alpha value is -3.33. The summed E-state index contributed by atoms with van der Waals surface area (Å²) >= 11 is 5.99. The minimum Gasteiger partial charge on any atom is -0.480 e. The number of alkyl halides is 3. The molecule has 0 aliphatic carbocycles. The van der Waals surface area contributed by atoms with Crippen molar-refractivity contribution in [3.63, 3.8) is 0 Å². The van der Waals surface area contributed by atoms with Gasteiger partial charge in [-0.15, -0.1) is 0 Å². The van der Waals surface area contributed by atoms with Crippen LogP contribution in [0.5, 0.6) is 0 Å². The zero-order valence-corrected chi connectivity index (χ0v) is 15.4. The number of hydrogen-bond acceptors (Lipinski definition) is 5. The van der Waals surface area contributed by atoms with E-state index in [-0.39, 0.29) is 22.5 Å². The summed E-state index contributed by atoms with van der Waals surface area (Å²) in [5, 5.41) is 14.1. The van der Waals surface area contributed by atoms with E-state index in [9.17, 15) is 18.0 Å². The normalized spacial score (nSPS) is 11.2. The molecule has 0 radical (unpaired) electrons. The second-order valence-electron chi connectivity index (χ2n) is 5.89. The Kier molecular flexibility index (Phi) is 5.88. The predicted molar refractivity (Wildman–Crippen MR) is 103 cm³/mol. The molecule has 10 heteroatoms. The van der Waals surface area contributed by atoms with Gasteiger partial charge in [0.1, 0.15) is 12.4 Å². The maximum absolute atomic E-state index is 12.8. The summed E-state index contributed by atoms with van der Waals surface area (Å²) in [6, 6.07) is 13.5. The van der Waals surface area contributed by atoms with Gasteiger partial charge >= 0.3 is 12.1 Å². The molecule has 3 aromatic rings. The monoisotopic (exact) mass is 422 g/mol. The molecule has 0 amide bonds. The smallest absolute Gasteiger partial charge is 0.416 e. The van der Waals surface area contributed by atoms with Gasteiger partial charge in [-0.25, -0.2) is 4.98 Å². The molecule has 3 rings (SSSR count). The average molecular weight is 423 g/mol. The Morgan fingerprint density at radius 1 is 1.07 bits per heavy atom. The Morgan fingerprint density at radius 3 is 2.41 bits per heavy atom. The number of aromatic nitrogens is 2. The van der Waals surface area contributed by atoms with Gasteiger partial charge in [0, 0.05) is 11.6 Å². The SMILES string of the molecule is O=C(O)CNc1nc(Nc2ccc(C(F)(F)F)cc2Cl)cc(-c2ccccc2)n1. The van der Waals surface area contributed by atoms with Crippen molar-refractivity contribution in [1.82, 2.24) is 9.97 Å². The van der Waals surface area contributed by atoms with Crippen LogP contribution in [0.25, 0.3) is 11.3 Å². The molecule has 0 bridgehead atoms. The fourth-order valence-electron chi connectivity index (χ4n) is 2.43. The van der Waals surface area contributed by atoms with E-state index in [0.29, 0.717) is 5.69 Å². The highest BCUT2D eigenvalue weighted by molar-refractivity contribution is 6.33. The third-order valence-electron chi connectivity index (χ3n) is 3.75. The van der Waals surface area contributed by atoms with Crippen LogP contribution in [0.3, 0.4) is 0 Å². The van der Waals surface area contributed by atoms with Crippen molar-refractivity contribution in [3.05, 3.63) is 65.2 Å². The molecule has 0 spiro atoms. The number of carboxylic acids is 1. The first-order valence-electron chi connectivity index (χ1n) is 8.26. The van der Waals surface area contributed by atoms with Crippen LogP contribution in [0.4, 0.5) is 30.6 Å². The quantitative estimate of drug-likeness (QED) is 0.515. The molecule has 150 valence electrons. The van der Waals surface area contributed by atoms with Crippen molar-refractivity contribution >= 4 is 35.0 Å². The minimum absolute atomic E-state index is 0.0410. The van der Waals surface area contributed by atoms with Crippen LogP contribution in [0, 0.1) is 0 Å². The highest BCUT2D eigenvalue weighted by Crippen LogP contribution is 2.35. The molecule has 1 heterocycles. The summed E-state index contributed by atoms with van der Waals surface area (Å²) in [5.41, 5.74) is 0.569. The van der Waals surface area contributed by atoms with Gasteiger partial charge in [0.15, 0.2) is 0 Å². The van der Waals surface area contributed by atoms with E-state index in [0.717, 1.165) is 17.7 Å². The Balaban J connectivity index is 1.95. The molecule has 6 nitrogen and oxygen atoms in total. The second-order valence-corrected chi connectivity index (χ2v) is 6.30. The van der Waals surface area contributed by atoms with Gasteiger partial charge < -0.3 is 15.7 Å². The minimum atomic E-state index is -4.51. The molecule has 0 unspecified atom stereocenters. The first-order valence-corrected chi connectivity index (χ1v) is 8.64. The van der Waals surface area contributed by atoms with Crippen molar-refractivity contribution in [2.75, 3.05) is 17.2 Å². The van der Waals surface area contributed by atoms with Gasteiger partial charge in [-0.2, -0.15) is 18.2 Å². The summed E-state index contributed by atoms with van der Waals surface area (Å²) in [5.74, 6) is -0.827. The number of benzene rings is 2. The van der Waals surface area contributed by atoms with Crippen molar-refractivity contribution in [2.24, 2.45) is 0 Å². The van der Waals surface area contributed by atoms with E-state index >= 15 is 0 Å². The van der Waals surface area contributed by atoms with Gasteiger partial charge in [-0.05, 0) is 18.2 Å². The number of rotatable bonds is 6. The molecule has 3 N–H and O–H groups in total. The van der Waals surface area contributed by atoms with Gasteiger partial charge in [-0.3, -0.25) is 4.79 Å². The second kappa shape index (κ2) is 8.36. The number of aliphatic carboxylic acids is 1. The lowest BCUT2D eigenvalue weighted by atomic mass is 10.1. The standard InChI is InChI=1S/C19H14ClF3N4O2/c20-13-8-12(19(21,22)23)6-7-14(13)25-16-9-15(11-4-2-1-3-5-11)26-18(27-16)24-10-17(28)29/h1-9H,10H2,(H,28,29)(H2,24,25,26,27). The maximum atomic E-state index is 12.8. The lowest BCUT2D eigenvalue weighted by molar-refractivity contribution is -0.137. The summed E-state index contributed by atoms with van der Waals surface area (Å²) in [7, 11) is 0. The van der Waals surface area contributed by atoms with E-state index in [1.807, 2.05) is 18.2 Å². The first kappa shape index (κ1) is 20.4. The summed E-state index contributed by atoms with van der Waals surface area (Å²) in [6.07, 6.45) is -4.51. The number of anilines is 3. The molecule has 2 aromatic carbocycles. The zero-order chi connectivity index (χ0) is 21.0. The number of halogens is 4. The van der Waals surface area contributed by atoms with Gasteiger partial charge in [0.25, 0.3) is 0 Å². The summed E-state index contributed by atoms with van der Waals surface area (Å²) in [6.45, 7) is -0.404. The summed E-state index contributed by atoms with van der Waals surface area (Å²) in [4.78, 5) is 19.3. The van der Waals surface area contributed by atoms with Crippen LogP contribution in [0.2, 0.25) is 5.02 Å². The van der Waals surface area contributed by atoms with E-state index in [4.69, 9.17) is 16.7 Å². The number of carboxylic acid groups (broad SMARTS) is 1. The molecule has 0 aliphatic heterocycles. The van der Waals surface area contributed by atoms with E-state index < -0.39 is 24.3 Å². The molecular weight excluding hydrogens is 409 g/mol. The van der Waals surface area contributed by atoms with Gasteiger partial charge in [-0.1, -0.05) is 41.9 Å². The van der Waals surface area contributed by atoms with Crippen molar-refractivity contribution in [2.45, 2.75) is 6.18 Å². The predicted octanol–water partition coefficient (Wildman–Crippen LogP) is 5.06. The number of hydrogen-bond donors (Lipinski definition) is 3. The van der Waals surface area contributed by atoms with E-state index in [2.05, 4.69) is 20.6 Å². The molecule has 0 saturated carbocycles. The van der Waals surface area contributed by atoms with Crippen molar-refractivity contribution < 1.29 is 23.1 Å². The topological polar surface area (TPSA) is 87.1 Å². The third kappa shape index (κ3) is 5.35. The van der Waals surface area contributed by atoms with Crippen molar-refractivity contribution in [3.8, 4) is 11.3 Å². The third-order valence-corrected chi connectivity index (χ3v) is 4.07. The first-order chi connectivity index (χ1) is 13.7. The van der Waals surface area contributed by atoms with Crippen LogP contribution in [0.15, 0.2) is 54.6 Å². The van der Waals surface area contributed by atoms with Gasteiger partial charge in [0.05, 0.1) is 22.0 Å². The van der Waals surface area contributed by atoms with E-state index in [1.54, 1.807) is 18.2 Å². The number of nitrogens with one attached hydrogen (secondary N) is 2. The lowest BCUT2D eigenvalue weighted by Gasteiger charge is -2.13. The average Bonchev–Trinajstić information content (AvgIpc) is 2.68. The molecule has 0 atom stereocenters. The Labute approximate surface area is 168 Å². The number of carbonyl (C=O) groups is 1. The van der Waals surface area contributed by atoms with Crippen molar-refractivity contribution in [1.29, 1.82) is 0 Å². The van der Waals surface area contributed by atoms with Crippen LogP contribution in [0.1, 0.15) is 5.56 Å². The highest BCUT2D eigenvalue weighted by atomic mass is 35.5. The van der Waals surface area contributed by atoms with Crippen LogP contribution in [-0.4, -0.2) is 27.6 Å². The van der Waals surface area contributed by atoms with Crippen LogP contribution < -0.4 is 10.6 Å². The summed E-state index contributed by atoms with van der Waals surface area (Å²) < 4.78 is 38.4. The maximum Gasteiger partial charge on any atom is 0.416 e. The molecule has 0 saturated heterocycles. The molecule has 29 heavy (non-hydrogen) atoms. The van der Waals surface area contributed by atoms with Crippen LogP contribution >= 0.6 is 11.6 Å². The zero-order valence-electron chi connectivity index (χ0n) is 14.7. The highest BCUT2D eigenvalue weighted by Gasteiger charge is 2.30.